The van der Waals surface area contributed by atoms with Crippen LogP contribution in [0.4, 0.5) is 10.6 Å². The van der Waals surface area contributed by atoms with Crippen LogP contribution in [0.2, 0.25) is 0 Å². The van der Waals surface area contributed by atoms with E-state index in [-0.39, 0.29) is 17.7 Å². The summed E-state index contributed by atoms with van der Waals surface area (Å²) >= 11 is 0. The highest BCUT2D eigenvalue weighted by Crippen LogP contribution is 2.28. The summed E-state index contributed by atoms with van der Waals surface area (Å²) in [6.45, 7) is 6.74. The van der Waals surface area contributed by atoms with Gasteiger partial charge in [0, 0.05) is 33.1 Å². The minimum atomic E-state index is -0.505. The number of anilines is 1. The maximum absolute atomic E-state index is 12.2. The minimum absolute atomic E-state index is 0.140. The lowest BCUT2D eigenvalue weighted by atomic mass is 9.94. The predicted octanol–water partition coefficient (Wildman–Crippen LogP) is 2.44. The Labute approximate surface area is 154 Å². The standard InChI is InChI=1S/C18H28N4O4/c1-18(2,3)26-17(24)22-9-7-12(8-10-22)13-11-19-15(21(4)5)14(20-13)16(23)25-6/h11-12H,7-10H2,1-6H3. The van der Waals surface area contributed by atoms with Crippen molar-refractivity contribution in [2.45, 2.75) is 45.1 Å². The van der Waals surface area contributed by atoms with E-state index in [1.165, 1.54) is 7.11 Å². The van der Waals surface area contributed by atoms with Crippen molar-refractivity contribution in [3.8, 4) is 0 Å². The average molecular weight is 364 g/mol. The van der Waals surface area contributed by atoms with Gasteiger partial charge in [0.2, 0.25) is 0 Å². The first-order chi connectivity index (χ1) is 12.1. The molecule has 144 valence electrons. The van der Waals surface area contributed by atoms with Crippen LogP contribution in [0.15, 0.2) is 6.20 Å². The second-order valence-electron chi connectivity index (χ2n) is 7.59. The Balaban J connectivity index is 2.09. The maximum atomic E-state index is 12.2. The van der Waals surface area contributed by atoms with Crippen molar-refractivity contribution < 1.29 is 19.1 Å². The van der Waals surface area contributed by atoms with Gasteiger partial charge in [0.1, 0.15) is 5.60 Å². The fourth-order valence-electron chi connectivity index (χ4n) is 2.84. The number of piperidine rings is 1. The molecule has 1 amide bonds. The van der Waals surface area contributed by atoms with Crippen LogP contribution in [0.5, 0.6) is 0 Å². The van der Waals surface area contributed by atoms with Crippen molar-refractivity contribution in [2.24, 2.45) is 0 Å². The molecule has 0 N–H and O–H groups in total. The zero-order valence-electron chi connectivity index (χ0n) is 16.4. The van der Waals surface area contributed by atoms with E-state index in [2.05, 4.69) is 9.97 Å². The van der Waals surface area contributed by atoms with Crippen molar-refractivity contribution in [1.82, 2.24) is 14.9 Å². The van der Waals surface area contributed by atoms with Gasteiger partial charge in [0.25, 0.3) is 0 Å². The number of amides is 1. The largest absolute Gasteiger partial charge is 0.464 e. The molecule has 0 aliphatic carbocycles. The number of esters is 1. The fourth-order valence-corrected chi connectivity index (χ4v) is 2.84. The van der Waals surface area contributed by atoms with E-state index in [1.54, 1.807) is 30.1 Å². The summed E-state index contributed by atoms with van der Waals surface area (Å²) in [5, 5.41) is 0. The van der Waals surface area contributed by atoms with Gasteiger partial charge in [0.15, 0.2) is 11.5 Å². The molecule has 2 rings (SSSR count). The molecule has 0 spiro atoms. The summed E-state index contributed by atoms with van der Waals surface area (Å²) in [6, 6.07) is 0. The highest BCUT2D eigenvalue weighted by Gasteiger charge is 2.29. The molecule has 8 nitrogen and oxygen atoms in total. The van der Waals surface area contributed by atoms with Crippen LogP contribution in [-0.2, 0) is 9.47 Å². The molecule has 1 fully saturated rings. The number of rotatable bonds is 3. The number of carbonyl (C=O) groups excluding carboxylic acids is 2. The van der Waals surface area contributed by atoms with E-state index < -0.39 is 11.6 Å². The summed E-state index contributed by atoms with van der Waals surface area (Å²) in [7, 11) is 4.93. The normalized spacial score (nSPS) is 15.5. The van der Waals surface area contributed by atoms with Gasteiger partial charge in [-0.15, -0.1) is 0 Å². The zero-order chi connectivity index (χ0) is 19.5. The first-order valence-corrected chi connectivity index (χ1v) is 8.73. The number of likely N-dealkylation sites (tertiary alicyclic amines) is 1. The number of hydrogen-bond acceptors (Lipinski definition) is 7. The van der Waals surface area contributed by atoms with Crippen LogP contribution in [0, 0.1) is 0 Å². The summed E-state index contributed by atoms with van der Waals surface area (Å²) < 4.78 is 10.2. The minimum Gasteiger partial charge on any atom is -0.464 e. The van der Waals surface area contributed by atoms with Gasteiger partial charge in [-0.1, -0.05) is 0 Å². The SMILES string of the molecule is COC(=O)c1nc(C2CCN(C(=O)OC(C)(C)C)CC2)cnc1N(C)C. The molecule has 1 aromatic heterocycles. The van der Waals surface area contributed by atoms with Crippen LogP contribution in [0.25, 0.3) is 0 Å². The van der Waals surface area contributed by atoms with Crippen LogP contribution in [0.3, 0.4) is 0 Å². The molecule has 1 aromatic rings. The Hall–Kier alpha value is -2.38. The maximum Gasteiger partial charge on any atom is 0.410 e. The van der Waals surface area contributed by atoms with Crippen molar-refractivity contribution in [2.75, 3.05) is 39.2 Å². The van der Waals surface area contributed by atoms with E-state index in [4.69, 9.17) is 9.47 Å². The molecule has 26 heavy (non-hydrogen) atoms. The van der Waals surface area contributed by atoms with E-state index in [0.29, 0.717) is 18.9 Å². The van der Waals surface area contributed by atoms with Gasteiger partial charge < -0.3 is 19.3 Å². The Morgan fingerprint density at radius 2 is 1.85 bits per heavy atom. The lowest BCUT2D eigenvalue weighted by molar-refractivity contribution is 0.0204. The monoisotopic (exact) mass is 364 g/mol. The molecule has 0 saturated carbocycles. The average Bonchev–Trinajstić information content (AvgIpc) is 2.59. The Morgan fingerprint density at radius 3 is 2.35 bits per heavy atom. The molecule has 1 aliphatic heterocycles. The molecule has 1 aliphatic rings. The Bertz CT molecular complexity index is 662. The lowest BCUT2D eigenvalue weighted by Gasteiger charge is -2.33. The first kappa shape index (κ1) is 19.9. The van der Waals surface area contributed by atoms with Crippen molar-refractivity contribution in [3.63, 3.8) is 0 Å². The number of ether oxygens (including phenoxy) is 2. The van der Waals surface area contributed by atoms with E-state index in [0.717, 1.165) is 18.5 Å². The topological polar surface area (TPSA) is 84.9 Å². The van der Waals surface area contributed by atoms with Crippen molar-refractivity contribution >= 4 is 17.9 Å². The van der Waals surface area contributed by atoms with E-state index in [9.17, 15) is 9.59 Å². The lowest BCUT2D eigenvalue weighted by Crippen LogP contribution is -2.41. The molecule has 2 heterocycles. The summed E-state index contributed by atoms with van der Waals surface area (Å²) in [6.07, 6.45) is 2.90. The van der Waals surface area contributed by atoms with Gasteiger partial charge in [0.05, 0.1) is 19.0 Å². The van der Waals surface area contributed by atoms with E-state index in [1.807, 2.05) is 20.8 Å². The second kappa shape index (κ2) is 7.88. The molecule has 0 atom stereocenters. The van der Waals surface area contributed by atoms with Crippen LogP contribution in [0.1, 0.15) is 55.7 Å². The third-order valence-corrected chi connectivity index (χ3v) is 4.14. The predicted molar refractivity (Wildman–Crippen MR) is 97.5 cm³/mol. The highest BCUT2D eigenvalue weighted by atomic mass is 16.6. The fraction of sp³-hybridized carbons (Fsp3) is 0.667. The Morgan fingerprint density at radius 1 is 1.23 bits per heavy atom. The van der Waals surface area contributed by atoms with Gasteiger partial charge in [-0.25, -0.2) is 19.6 Å². The summed E-state index contributed by atoms with van der Waals surface area (Å²) in [5.41, 5.74) is 0.459. The number of methoxy groups -OCH3 is 1. The van der Waals surface area contributed by atoms with Crippen LogP contribution in [-0.4, -0.2) is 66.8 Å². The van der Waals surface area contributed by atoms with Gasteiger partial charge in [-0.2, -0.15) is 0 Å². The number of nitrogens with zero attached hydrogens (tertiary/aromatic N) is 4. The molecule has 1 saturated heterocycles. The Kier molecular flexibility index (Phi) is 6.05. The summed E-state index contributed by atoms with van der Waals surface area (Å²) in [5.74, 6) is 0.113. The molecule has 8 heteroatoms. The van der Waals surface area contributed by atoms with Crippen molar-refractivity contribution in [1.29, 1.82) is 0 Å². The van der Waals surface area contributed by atoms with E-state index >= 15 is 0 Å². The van der Waals surface area contributed by atoms with Crippen LogP contribution >= 0.6 is 0 Å². The molecular weight excluding hydrogens is 336 g/mol. The van der Waals surface area contributed by atoms with Crippen LogP contribution < -0.4 is 4.90 Å². The van der Waals surface area contributed by atoms with Gasteiger partial charge in [-0.05, 0) is 33.6 Å². The first-order valence-electron chi connectivity index (χ1n) is 8.73. The summed E-state index contributed by atoms with van der Waals surface area (Å²) in [4.78, 5) is 36.5. The third-order valence-electron chi connectivity index (χ3n) is 4.14. The molecule has 0 aromatic carbocycles. The molecular formula is C18H28N4O4. The highest BCUT2D eigenvalue weighted by molar-refractivity contribution is 5.92. The third kappa shape index (κ3) is 4.83. The van der Waals surface area contributed by atoms with Crippen molar-refractivity contribution in [3.05, 3.63) is 17.6 Å². The molecule has 0 radical (unpaired) electrons. The number of carbonyl (C=O) groups is 2. The molecule has 0 unspecified atom stereocenters. The quantitative estimate of drug-likeness (QED) is 0.762. The number of hydrogen-bond donors (Lipinski definition) is 0. The molecule has 0 bridgehead atoms. The smallest absolute Gasteiger partial charge is 0.410 e. The number of aromatic nitrogens is 2. The van der Waals surface area contributed by atoms with Gasteiger partial charge in [-0.3, -0.25) is 0 Å². The second-order valence-corrected chi connectivity index (χ2v) is 7.59. The zero-order valence-corrected chi connectivity index (χ0v) is 16.4. The van der Waals surface area contributed by atoms with Gasteiger partial charge >= 0.3 is 12.1 Å².